The minimum atomic E-state index is -1.26. The molecule has 5 nitrogen and oxygen atoms in total. The van der Waals surface area contributed by atoms with Crippen LogP contribution < -0.4 is 0 Å². The Morgan fingerprint density at radius 1 is 0.969 bits per heavy atom. The summed E-state index contributed by atoms with van der Waals surface area (Å²) in [5.41, 5.74) is 3.75. The second-order valence-electron chi connectivity index (χ2n) is 8.37. The predicted molar refractivity (Wildman–Crippen MR) is 117 cm³/mol. The zero-order valence-corrected chi connectivity index (χ0v) is 17.3. The van der Waals surface area contributed by atoms with Gasteiger partial charge >= 0.3 is 12.1 Å². The maximum atomic E-state index is 13.3. The molecule has 1 fully saturated rings. The molecule has 1 N–H and O–H groups in total. The zero-order valence-electron chi connectivity index (χ0n) is 17.3. The molecule has 3 aromatic carbocycles. The van der Waals surface area contributed by atoms with Crippen LogP contribution in [0.15, 0.2) is 72.8 Å². The fourth-order valence-electron chi connectivity index (χ4n) is 4.95. The van der Waals surface area contributed by atoms with Crippen molar-refractivity contribution in [2.24, 2.45) is 0 Å². The smallest absolute Gasteiger partial charge is 0.409 e. The minimum Gasteiger partial charge on any atom is -0.481 e. The van der Waals surface area contributed by atoms with Crippen LogP contribution in [0.5, 0.6) is 0 Å². The molecule has 1 aliphatic carbocycles. The van der Waals surface area contributed by atoms with Crippen molar-refractivity contribution < 1.29 is 23.8 Å². The predicted octanol–water partition coefficient (Wildman–Crippen LogP) is 4.80. The quantitative estimate of drug-likeness (QED) is 0.644. The SMILES string of the molecule is O=C(OCC1c2ccccc2-c2ccccc21)N1CCC(C(=O)O)(c2ccc(F)cc2)C1. The van der Waals surface area contributed by atoms with Gasteiger partial charge in [0.1, 0.15) is 17.8 Å². The number of likely N-dealkylation sites (tertiary alicyclic amines) is 1. The summed E-state index contributed by atoms with van der Waals surface area (Å²) in [4.78, 5) is 26.5. The van der Waals surface area contributed by atoms with Gasteiger partial charge in [-0.05, 0) is 46.4 Å². The van der Waals surface area contributed by atoms with Gasteiger partial charge in [0.15, 0.2) is 0 Å². The molecular weight excluding hydrogens is 409 g/mol. The molecule has 6 heteroatoms. The number of carbonyl (C=O) groups excluding carboxylic acids is 1. The highest BCUT2D eigenvalue weighted by atomic mass is 19.1. The summed E-state index contributed by atoms with van der Waals surface area (Å²) in [5, 5.41) is 9.93. The lowest BCUT2D eigenvalue weighted by molar-refractivity contribution is -0.143. The maximum Gasteiger partial charge on any atom is 0.409 e. The third kappa shape index (κ3) is 3.23. The van der Waals surface area contributed by atoms with Crippen molar-refractivity contribution >= 4 is 12.1 Å². The lowest BCUT2D eigenvalue weighted by Gasteiger charge is -2.25. The Hall–Kier alpha value is -3.67. The summed E-state index contributed by atoms with van der Waals surface area (Å²) in [6.07, 6.45) is -0.282. The summed E-state index contributed by atoms with van der Waals surface area (Å²) in [7, 11) is 0. The van der Waals surface area contributed by atoms with Gasteiger partial charge in [-0.15, -0.1) is 0 Å². The number of carbonyl (C=O) groups is 2. The average Bonchev–Trinajstić information content (AvgIpc) is 3.39. The van der Waals surface area contributed by atoms with E-state index in [1.807, 2.05) is 36.4 Å². The molecule has 32 heavy (non-hydrogen) atoms. The number of hydrogen-bond acceptors (Lipinski definition) is 3. The summed E-state index contributed by atoms with van der Waals surface area (Å²) in [6, 6.07) is 21.6. The van der Waals surface area contributed by atoms with E-state index in [2.05, 4.69) is 12.1 Å². The van der Waals surface area contributed by atoms with Gasteiger partial charge in [0.25, 0.3) is 0 Å². The fraction of sp³-hybridized carbons (Fsp3) is 0.231. The van der Waals surface area contributed by atoms with E-state index in [4.69, 9.17) is 4.74 Å². The number of nitrogens with zero attached hydrogens (tertiary/aromatic N) is 1. The van der Waals surface area contributed by atoms with Gasteiger partial charge in [0.2, 0.25) is 0 Å². The Balaban J connectivity index is 1.32. The highest BCUT2D eigenvalue weighted by Gasteiger charge is 2.48. The number of hydrogen-bond donors (Lipinski definition) is 1. The second-order valence-corrected chi connectivity index (χ2v) is 8.37. The monoisotopic (exact) mass is 431 g/mol. The van der Waals surface area contributed by atoms with Crippen LogP contribution in [0.2, 0.25) is 0 Å². The minimum absolute atomic E-state index is 0.00929. The van der Waals surface area contributed by atoms with E-state index >= 15 is 0 Å². The third-order valence-electron chi connectivity index (χ3n) is 6.67. The first-order chi connectivity index (χ1) is 15.5. The number of amides is 1. The van der Waals surface area contributed by atoms with Crippen LogP contribution in [0.25, 0.3) is 11.1 Å². The van der Waals surface area contributed by atoms with E-state index in [0.29, 0.717) is 5.56 Å². The Morgan fingerprint density at radius 3 is 2.16 bits per heavy atom. The number of carboxylic acids is 1. The Morgan fingerprint density at radius 2 is 1.56 bits per heavy atom. The summed E-state index contributed by atoms with van der Waals surface area (Å²) < 4.78 is 19.0. The first-order valence-corrected chi connectivity index (χ1v) is 10.6. The van der Waals surface area contributed by atoms with Crippen LogP contribution in [0.1, 0.15) is 29.0 Å². The number of fused-ring (bicyclic) bond motifs is 3. The molecule has 1 saturated heterocycles. The van der Waals surface area contributed by atoms with Crippen molar-refractivity contribution in [3.05, 3.63) is 95.3 Å². The Kier molecular flexibility index (Phi) is 4.93. The molecule has 1 heterocycles. The first-order valence-electron chi connectivity index (χ1n) is 10.6. The Bertz CT molecular complexity index is 1150. The molecule has 0 bridgehead atoms. The van der Waals surface area contributed by atoms with Crippen molar-refractivity contribution in [1.29, 1.82) is 0 Å². The molecule has 3 aromatic rings. The second kappa shape index (κ2) is 7.79. The van der Waals surface area contributed by atoms with Crippen molar-refractivity contribution in [3.8, 4) is 11.1 Å². The topological polar surface area (TPSA) is 66.8 Å². The molecule has 162 valence electrons. The first kappa shape index (κ1) is 20.2. The van der Waals surface area contributed by atoms with Gasteiger partial charge in [-0.2, -0.15) is 0 Å². The molecule has 2 aliphatic rings. The molecule has 1 unspecified atom stereocenters. The van der Waals surface area contributed by atoms with Crippen LogP contribution in [-0.2, 0) is 14.9 Å². The fourth-order valence-corrected chi connectivity index (χ4v) is 4.95. The number of rotatable bonds is 4. The maximum absolute atomic E-state index is 13.3. The summed E-state index contributed by atoms with van der Waals surface area (Å²) >= 11 is 0. The van der Waals surface area contributed by atoms with Crippen molar-refractivity contribution in [2.45, 2.75) is 17.8 Å². The molecule has 5 rings (SSSR count). The zero-order chi connectivity index (χ0) is 22.3. The highest BCUT2D eigenvalue weighted by Crippen LogP contribution is 2.44. The summed E-state index contributed by atoms with van der Waals surface area (Å²) in [5.74, 6) is -1.52. The normalized spacial score (nSPS) is 19.5. The van der Waals surface area contributed by atoms with Crippen molar-refractivity contribution in [1.82, 2.24) is 4.90 Å². The van der Waals surface area contributed by atoms with Crippen molar-refractivity contribution in [2.75, 3.05) is 19.7 Å². The van der Waals surface area contributed by atoms with Gasteiger partial charge in [-0.25, -0.2) is 9.18 Å². The molecular formula is C26H22FNO4. The molecule has 0 saturated carbocycles. The van der Waals surface area contributed by atoms with E-state index in [1.54, 1.807) is 0 Å². The lowest BCUT2D eigenvalue weighted by Crippen LogP contribution is -2.40. The van der Waals surface area contributed by atoms with Crippen molar-refractivity contribution in [3.63, 3.8) is 0 Å². The van der Waals surface area contributed by atoms with Gasteiger partial charge in [0, 0.05) is 19.0 Å². The van der Waals surface area contributed by atoms with E-state index in [-0.39, 0.29) is 32.0 Å². The van der Waals surface area contributed by atoms with Gasteiger partial charge in [0.05, 0.1) is 0 Å². The third-order valence-corrected chi connectivity index (χ3v) is 6.67. The summed E-state index contributed by atoms with van der Waals surface area (Å²) in [6.45, 7) is 0.435. The largest absolute Gasteiger partial charge is 0.481 e. The van der Waals surface area contributed by atoms with Crippen LogP contribution in [0, 0.1) is 5.82 Å². The van der Waals surface area contributed by atoms with Gasteiger partial charge < -0.3 is 14.7 Å². The molecule has 0 spiro atoms. The number of halogens is 1. The van der Waals surface area contributed by atoms with E-state index in [1.165, 1.54) is 29.2 Å². The molecule has 1 amide bonds. The van der Waals surface area contributed by atoms with Crippen LogP contribution in [-0.4, -0.2) is 41.8 Å². The van der Waals surface area contributed by atoms with E-state index < -0.39 is 23.3 Å². The number of benzene rings is 3. The highest BCUT2D eigenvalue weighted by molar-refractivity contribution is 5.84. The molecule has 1 atom stereocenters. The molecule has 1 aliphatic heterocycles. The number of aliphatic carboxylic acids is 1. The van der Waals surface area contributed by atoms with Gasteiger partial charge in [-0.1, -0.05) is 60.7 Å². The standard InChI is InChI=1S/C26H22FNO4/c27-18-11-9-17(10-12-18)26(24(29)30)13-14-28(16-26)25(31)32-15-23-21-7-3-1-5-19(21)20-6-2-4-8-22(20)23/h1-12,23H,13-16H2,(H,29,30). The van der Waals surface area contributed by atoms with Gasteiger partial charge in [-0.3, -0.25) is 4.79 Å². The Labute approximate surface area is 185 Å². The molecule has 0 radical (unpaired) electrons. The van der Waals surface area contributed by atoms with Crippen LogP contribution in [0.3, 0.4) is 0 Å². The average molecular weight is 431 g/mol. The van der Waals surface area contributed by atoms with E-state index in [9.17, 15) is 19.1 Å². The number of ether oxygens (including phenoxy) is 1. The van der Waals surface area contributed by atoms with Crippen LogP contribution >= 0.6 is 0 Å². The molecule has 0 aromatic heterocycles. The number of carboxylic acid groups (broad SMARTS) is 1. The lowest BCUT2D eigenvalue weighted by atomic mass is 9.80. The van der Waals surface area contributed by atoms with Crippen LogP contribution in [0.4, 0.5) is 9.18 Å². The van der Waals surface area contributed by atoms with E-state index in [0.717, 1.165) is 22.3 Å².